The molecule has 1 aromatic heterocycles. The lowest BCUT2D eigenvalue weighted by Crippen LogP contribution is -2.17. The molecule has 1 unspecified atom stereocenters. The summed E-state index contributed by atoms with van der Waals surface area (Å²) in [5, 5.41) is 9.79. The molecule has 0 bridgehead atoms. The first-order chi connectivity index (χ1) is 13.7. The van der Waals surface area contributed by atoms with E-state index in [1.54, 1.807) is 0 Å². The van der Waals surface area contributed by atoms with E-state index in [9.17, 15) is 5.26 Å². The summed E-state index contributed by atoms with van der Waals surface area (Å²) in [4.78, 5) is 4.58. The van der Waals surface area contributed by atoms with Gasteiger partial charge in [-0.25, -0.2) is 4.98 Å². The molecule has 4 rings (SSSR count). The van der Waals surface area contributed by atoms with Crippen molar-refractivity contribution in [3.8, 4) is 22.9 Å². The molecule has 1 heterocycles. The van der Waals surface area contributed by atoms with Crippen LogP contribution in [0.1, 0.15) is 41.6 Å². The van der Waals surface area contributed by atoms with E-state index in [0.29, 0.717) is 23.9 Å². The lowest BCUT2D eigenvalue weighted by atomic mass is 9.78. The number of ether oxygens (including phenoxy) is 1. The SMILES string of the molecule is CCOc1ccc(-c2c(C#N)c(N)nc3c2CC(c2ccccc2)CC3)cc1. The number of nitrogens with two attached hydrogens (primary N) is 1. The fourth-order valence-corrected chi connectivity index (χ4v) is 4.10. The Balaban J connectivity index is 1.82. The Bertz CT molecular complexity index is 1020. The standard InChI is InChI=1S/C24H23N3O/c1-2-28-19-11-8-17(9-12-19)23-20-14-18(16-6-4-3-5-7-16)10-13-22(20)27-24(26)21(23)15-25/h3-9,11-12,18H,2,10,13-14H2,1H3,(H2,26,27). The molecule has 3 aromatic rings. The van der Waals surface area contributed by atoms with Gasteiger partial charge >= 0.3 is 0 Å². The van der Waals surface area contributed by atoms with Gasteiger partial charge in [0.25, 0.3) is 0 Å². The highest BCUT2D eigenvalue weighted by Gasteiger charge is 2.27. The fourth-order valence-electron chi connectivity index (χ4n) is 4.10. The number of rotatable bonds is 4. The monoisotopic (exact) mass is 369 g/mol. The molecule has 2 aromatic carbocycles. The van der Waals surface area contributed by atoms with Crippen molar-refractivity contribution in [3.05, 3.63) is 77.0 Å². The van der Waals surface area contributed by atoms with Crippen LogP contribution in [0.3, 0.4) is 0 Å². The molecule has 0 fully saturated rings. The molecule has 0 saturated heterocycles. The van der Waals surface area contributed by atoms with E-state index in [1.807, 2.05) is 37.3 Å². The lowest BCUT2D eigenvalue weighted by Gasteiger charge is -2.27. The van der Waals surface area contributed by atoms with Gasteiger partial charge in [-0.05, 0) is 60.9 Å². The first-order valence-electron chi connectivity index (χ1n) is 9.70. The molecule has 2 N–H and O–H groups in total. The predicted octanol–water partition coefficient (Wildman–Crippen LogP) is 4.87. The molecule has 0 aliphatic heterocycles. The second kappa shape index (κ2) is 7.74. The van der Waals surface area contributed by atoms with Gasteiger partial charge in [0.2, 0.25) is 0 Å². The number of aromatic nitrogens is 1. The normalized spacial score (nSPS) is 15.5. The van der Waals surface area contributed by atoms with Gasteiger partial charge in [-0.3, -0.25) is 0 Å². The van der Waals surface area contributed by atoms with E-state index < -0.39 is 0 Å². The minimum absolute atomic E-state index is 0.322. The van der Waals surface area contributed by atoms with Crippen LogP contribution in [0.2, 0.25) is 0 Å². The molecule has 1 aliphatic carbocycles. The third-order valence-electron chi connectivity index (χ3n) is 5.43. The van der Waals surface area contributed by atoms with Gasteiger partial charge in [-0.2, -0.15) is 5.26 Å². The summed E-state index contributed by atoms with van der Waals surface area (Å²) in [7, 11) is 0. The molecular formula is C24H23N3O. The molecule has 28 heavy (non-hydrogen) atoms. The van der Waals surface area contributed by atoms with Crippen LogP contribution in [-0.4, -0.2) is 11.6 Å². The van der Waals surface area contributed by atoms with Gasteiger partial charge < -0.3 is 10.5 Å². The number of pyridine rings is 1. The van der Waals surface area contributed by atoms with E-state index in [4.69, 9.17) is 10.5 Å². The quantitative estimate of drug-likeness (QED) is 0.712. The van der Waals surface area contributed by atoms with Crippen LogP contribution in [0, 0.1) is 11.3 Å². The molecule has 140 valence electrons. The van der Waals surface area contributed by atoms with Crippen molar-refractivity contribution < 1.29 is 4.74 Å². The van der Waals surface area contributed by atoms with E-state index in [1.165, 1.54) is 5.56 Å². The van der Waals surface area contributed by atoms with E-state index in [-0.39, 0.29) is 0 Å². The minimum atomic E-state index is 0.322. The number of hydrogen-bond acceptors (Lipinski definition) is 4. The Labute approximate surface area is 165 Å². The summed E-state index contributed by atoms with van der Waals surface area (Å²) in [6, 6.07) is 20.8. The highest BCUT2D eigenvalue weighted by Crippen LogP contribution is 2.40. The summed E-state index contributed by atoms with van der Waals surface area (Å²) in [5.41, 5.74) is 12.0. The number of nitrogens with zero attached hydrogens (tertiary/aromatic N) is 2. The maximum Gasteiger partial charge on any atom is 0.142 e. The molecule has 1 atom stereocenters. The lowest BCUT2D eigenvalue weighted by molar-refractivity contribution is 0.340. The van der Waals surface area contributed by atoms with Crippen LogP contribution in [0.5, 0.6) is 5.75 Å². The zero-order chi connectivity index (χ0) is 19.5. The average molecular weight is 369 g/mol. The van der Waals surface area contributed by atoms with Crippen molar-refractivity contribution in [2.24, 2.45) is 0 Å². The van der Waals surface area contributed by atoms with Gasteiger partial charge in [0.05, 0.1) is 6.61 Å². The Kier molecular flexibility index (Phi) is 4.99. The summed E-state index contributed by atoms with van der Waals surface area (Å²) < 4.78 is 5.56. The second-order valence-electron chi connectivity index (χ2n) is 7.09. The largest absolute Gasteiger partial charge is 0.494 e. The molecule has 4 nitrogen and oxygen atoms in total. The van der Waals surface area contributed by atoms with Crippen molar-refractivity contribution in [1.82, 2.24) is 4.98 Å². The Hall–Kier alpha value is -3.32. The molecule has 0 radical (unpaired) electrons. The molecule has 0 spiro atoms. The number of aryl methyl sites for hydroxylation is 1. The van der Waals surface area contributed by atoms with Gasteiger partial charge in [0, 0.05) is 11.3 Å². The van der Waals surface area contributed by atoms with E-state index >= 15 is 0 Å². The summed E-state index contributed by atoms with van der Waals surface area (Å²) in [6.07, 6.45) is 2.77. The van der Waals surface area contributed by atoms with Crippen LogP contribution in [-0.2, 0) is 12.8 Å². The number of nitriles is 1. The maximum atomic E-state index is 9.79. The van der Waals surface area contributed by atoms with Crippen LogP contribution in [0.15, 0.2) is 54.6 Å². The van der Waals surface area contributed by atoms with Crippen molar-refractivity contribution in [3.63, 3.8) is 0 Å². The zero-order valence-corrected chi connectivity index (χ0v) is 16.0. The number of nitrogen functional groups attached to an aromatic ring is 1. The fraction of sp³-hybridized carbons (Fsp3) is 0.250. The maximum absolute atomic E-state index is 9.79. The molecule has 0 amide bonds. The molecule has 1 aliphatic rings. The highest BCUT2D eigenvalue weighted by molar-refractivity contribution is 5.79. The number of benzene rings is 2. The highest BCUT2D eigenvalue weighted by atomic mass is 16.5. The van der Waals surface area contributed by atoms with Crippen molar-refractivity contribution in [2.75, 3.05) is 12.3 Å². The average Bonchev–Trinajstić information content (AvgIpc) is 2.74. The Morgan fingerprint density at radius 3 is 2.57 bits per heavy atom. The van der Waals surface area contributed by atoms with Crippen LogP contribution in [0.25, 0.3) is 11.1 Å². The van der Waals surface area contributed by atoms with E-state index in [2.05, 4.69) is 35.3 Å². The topological polar surface area (TPSA) is 71.9 Å². The Morgan fingerprint density at radius 1 is 1.14 bits per heavy atom. The first kappa shape index (κ1) is 18.1. The Morgan fingerprint density at radius 2 is 1.89 bits per heavy atom. The number of anilines is 1. The van der Waals surface area contributed by atoms with Gasteiger partial charge in [0.15, 0.2) is 0 Å². The predicted molar refractivity (Wildman–Crippen MR) is 111 cm³/mol. The third kappa shape index (κ3) is 3.32. The van der Waals surface area contributed by atoms with Crippen LogP contribution >= 0.6 is 0 Å². The van der Waals surface area contributed by atoms with Gasteiger partial charge in [0.1, 0.15) is 23.2 Å². The van der Waals surface area contributed by atoms with Gasteiger partial charge in [-0.1, -0.05) is 42.5 Å². The number of fused-ring (bicyclic) bond motifs is 1. The number of hydrogen-bond donors (Lipinski definition) is 1. The van der Waals surface area contributed by atoms with Crippen molar-refractivity contribution >= 4 is 5.82 Å². The zero-order valence-electron chi connectivity index (χ0n) is 16.0. The first-order valence-corrected chi connectivity index (χ1v) is 9.70. The second-order valence-corrected chi connectivity index (χ2v) is 7.09. The van der Waals surface area contributed by atoms with Crippen LogP contribution in [0.4, 0.5) is 5.82 Å². The smallest absolute Gasteiger partial charge is 0.142 e. The summed E-state index contributed by atoms with van der Waals surface area (Å²) in [6.45, 7) is 2.59. The van der Waals surface area contributed by atoms with Crippen LogP contribution < -0.4 is 10.5 Å². The molecule has 0 saturated carbocycles. The van der Waals surface area contributed by atoms with Crippen molar-refractivity contribution in [2.45, 2.75) is 32.1 Å². The summed E-state index contributed by atoms with van der Waals surface area (Å²) >= 11 is 0. The van der Waals surface area contributed by atoms with E-state index in [0.717, 1.165) is 47.4 Å². The molecular weight excluding hydrogens is 346 g/mol. The van der Waals surface area contributed by atoms with Crippen molar-refractivity contribution in [1.29, 1.82) is 5.26 Å². The molecule has 4 heteroatoms. The minimum Gasteiger partial charge on any atom is -0.494 e. The summed E-state index contributed by atoms with van der Waals surface area (Å²) in [5.74, 6) is 1.57. The van der Waals surface area contributed by atoms with Gasteiger partial charge in [-0.15, -0.1) is 0 Å². The third-order valence-corrected chi connectivity index (χ3v) is 5.43.